The Bertz CT molecular complexity index is 703. The summed E-state index contributed by atoms with van der Waals surface area (Å²) in [5.41, 5.74) is -1.31. The SMILES string of the molecule is NS(=O)(=O)CC1CC(=O)N(c2cc(C(F)(F)F)ccc2O)C1. The molecule has 1 saturated heterocycles. The highest BCUT2D eigenvalue weighted by atomic mass is 32.2. The monoisotopic (exact) mass is 338 g/mol. The van der Waals surface area contributed by atoms with Gasteiger partial charge in [-0.3, -0.25) is 4.79 Å². The number of primary sulfonamides is 1. The topological polar surface area (TPSA) is 101 Å². The van der Waals surface area contributed by atoms with Crippen molar-refractivity contribution >= 4 is 21.6 Å². The Labute approximate surface area is 124 Å². The minimum Gasteiger partial charge on any atom is -0.506 e. The fraction of sp³-hybridized carbons (Fsp3) is 0.417. The molecule has 1 aromatic carbocycles. The van der Waals surface area contributed by atoms with Gasteiger partial charge in [0.05, 0.1) is 17.0 Å². The lowest BCUT2D eigenvalue weighted by Gasteiger charge is -2.19. The first-order valence-corrected chi connectivity index (χ1v) is 7.90. The van der Waals surface area contributed by atoms with E-state index in [1.165, 1.54) is 0 Å². The smallest absolute Gasteiger partial charge is 0.416 e. The molecule has 1 unspecified atom stereocenters. The average molecular weight is 338 g/mol. The molecule has 2 rings (SSSR count). The Morgan fingerprint density at radius 1 is 1.36 bits per heavy atom. The van der Waals surface area contributed by atoms with Gasteiger partial charge in [-0.05, 0) is 18.2 Å². The van der Waals surface area contributed by atoms with Crippen molar-refractivity contribution < 1.29 is 31.5 Å². The molecule has 0 saturated carbocycles. The summed E-state index contributed by atoms with van der Waals surface area (Å²) in [5, 5.41) is 14.6. The van der Waals surface area contributed by atoms with Gasteiger partial charge < -0.3 is 10.0 Å². The number of rotatable bonds is 3. The zero-order chi connectivity index (χ0) is 16.7. The predicted octanol–water partition coefficient (Wildman–Crippen LogP) is 1.05. The van der Waals surface area contributed by atoms with Crippen molar-refractivity contribution in [3.8, 4) is 5.75 Å². The molecule has 3 N–H and O–H groups in total. The van der Waals surface area contributed by atoms with Gasteiger partial charge in [0, 0.05) is 18.9 Å². The third-order valence-corrected chi connectivity index (χ3v) is 4.20. The molecule has 1 amide bonds. The van der Waals surface area contributed by atoms with E-state index in [-0.39, 0.29) is 18.7 Å². The minimum absolute atomic E-state index is 0.121. The van der Waals surface area contributed by atoms with Crippen molar-refractivity contribution in [3.63, 3.8) is 0 Å². The van der Waals surface area contributed by atoms with Gasteiger partial charge in [0.2, 0.25) is 15.9 Å². The zero-order valence-corrected chi connectivity index (χ0v) is 12.0. The summed E-state index contributed by atoms with van der Waals surface area (Å²) >= 11 is 0. The average Bonchev–Trinajstić information content (AvgIpc) is 2.66. The Morgan fingerprint density at radius 2 is 2.00 bits per heavy atom. The first kappa shape index (κ1) is 16.6. The first-order valence-electron chi connectivity index (χ1n) is 6.18. The number of benzene rings is 1. The maximum Gasteiger partial charge on any atom is 0.416 e. The number of nitrogens with zero attached hydrogens (tertiary/aromatic N) is 1. The molecular weight excluding hydrogens is 325 g/mol. The molecule has 0 aromatic heterocycles. The fourth-order valence-corrected chi connectivity index (χ4v) is 3.25. The summed E-state index contributed by atoms with van der Waals surface area (Å²) in [5.74, 6) is -2.13. The van der Waals surface area contributed by atoms with Crippen molar-refractivity contribution in [1.29, 1.82) is 0 Å². The number of carbonyl (C=O) groups is 1. The lowest BCUT2D eigenvalue weighted by molar-refractivity contribution is -0.137. The number of sulfonamides is 1. The van der Waals surface area contributed by atoms with E-state index < -0.39 is 45.1 Å². The molecule has 0 spiro atoms. The van der Waals surface area contributed by atoms with E-state index in [2.05, 4.69) is 0 Å². The fourth-order valence-electron chi connectivity index (χ4n) is 2.37. The molecule has 10 heteroatoms. The van der Waals surface area contributed by atoms with Crippen LogP contribution in [-0.4, -0.2) is 31.7 Å². The van der Waals surface area contributed by atoms with Crippen LogP contribution in [0.2, 0.25) is 0 Å². The minimum atomic E-state index is -4.62. The number of alkyl halides is 3. The standard InChI is InChI=1S/C12H13F3N2O4S/c13-12(14,15)8-1-2-10(18)9(4-8)17-5-7(3-11(17)19)6-22(16,20)21/h1-2,4,7,18H,3,5-6H2,(H2,16,20,21). The van der Waals surface area contributed by atoms with E-state index in [0.717, 1.165) is 11.0 Å². The molecule has 0 bridgehead atoms. The van der Waals surface area contributed by atoms with Crippen LogP contribution in [0.3, 0.4) is 0 Å². The van der Waals surface area contributed by atoms with Crippen LogP contribution < -0.4 is 10.0 Å². The molecule has 0 aliphatic carbocycles. The third-order valence-electron chi connectivity index (χ3n) is 3.27. The normalized spacial score (nSPS) is 19.7. The molecule has 1 atom stereocenters. The summed E-state index contributed by atoms with van der Waals surface area (Å²) in [4.78, 5) is 12.8. The number of phenolic OH excluding ortho intramolecular Hbond substituents is 1. The molecule has 1 aliphatic heterocycles. The number of carbonyl (C=O) groups excluding carboxylic acids is 1. The van der Waals surface area contributed by atoms with Crippen molar-refractivity contribution in [2.45, 2.75) is 12.6 Å². The molecule has 1 aromatic rings. The van der Waals surface area contributed by atoms with E-state index in [0.29, 0.717) is 12.1 Å². The van der Waals surface area contributed by atoms with Crippen LogP contribution in [0.25, 0.3) is 0 Å². The van der Waals surface area contributed by atoms with Crippen LogP contribution in [0.5, 0.6) is 5.75 Å². The van der Waals surface area contributed by atoms with Crippen molar-refractivity contribution in [2.24, 2.45) is 11.1 Å². The number of nitrogens with two attached hydrogens (primary N) is 1. The van der Waals surface area contributed by atoms with Gasteiger partial charge in [-0.1, -0.05) is 0 Å². The molecule has 122 valence electrons. The number of hydrogen-bond acceptors (Lipinski definition) is 4. The second-order valence-electron chi connectivity index (χ2n) is 5.11. The number of halogens is 3. The Kier molecular flexibility index (Phi) is 4.09. The van der Waals surface area contributed by atoms with Crippen LogP contribution in [0.15, 0.2) is 18.2 Å². The van der Waals surface area contributed by atoms with E-state index in [9.17, 15) is 31.5 Å². The molecule has 1 aliphatic rings. The van der Waals surface area contributed by atoms with Crippen LogP contribution >= 0.6 is 0 Å². The zero-order valence-electron chi connectivity index (χ0n) is 11.2. The van der Waals surface area contributed by atoms with Gasteiger partial charge in [0.15, 0.2) is 0 Å². The lowest BCUT2D eigenvalue weighted by Crippen LogP contribution is -2.27. The summed E-state index contributed by atoms with van der Waals surface area (Å²) < 4.78 is 60.2. The molecule has 0 radical (unpaired) electrons. The maximum atomic E-state index is 12.7. The number of anilines is 1. The van der Waals surface area contributed by atoms with Gasteiger partial charge in [-0.25, -0.2) is 13.6 Å². The highest BCUT2D eigenvalue weighted by Gasteiger charge is 2.36. The Hall–Kier alpha value is -1.81. The van der Waals surface area contributed by atoms with Gasteiger partial charge in [-0.2, -0.15) is 13.2 Å². The van der Waals surface area contributed by atoms with Crippen molar-refractivity contribution in [2.75, 3.05) is 17.2 Å². The number of aromatic hydroxyl groups is 1. The van der Waals surface area contributed by atoms with E-state index in [1.54, 1.807) is 0 Å². The highest BCUT2D eigenvalue weighted by molar-refractivity contribution is 7.89. The van der Waals surface area contributed by atoms with Gasteiger partial charge in [-0.15, -0.1) is 0 Å². The van der Waals surface area contributed by atoms with E-state index >= 15 is 0 Å². The van der Waals surface area contributed by atoms with Gasteiger partial charge in [0.1, 0.15) is 5.75 Å². The van der Waals surface area contributed by atoms with Crippen LogP contribution in [0.1, 0.15) is 12.0 Å². The maximum absolute atomic E-state index is 12.7. The van der Waals surface area contributed by atoms with Crippen LogP contribution in [0.4, 0.5) is 18.9 Å². The quantitative estimate of drug-likeness (QED) is 0.860. The van der Waals surface area contributed by atoms with Gasteiger partial charge >= 0.3 is 6.18 Å². The van der Waals surface area contributed by atoms with Crippen LogP contribution in [0, 0.1) is 5.92 Å². The third kappa shape index (κ3) is 3.69. The number of phenols is 1. The molecular formula is C12H13F3N2O4S. The Morgan fingerprint density at radius 3 is 2.55 bits per heavy atom. The molecule has 1 fully saturated rings. The summed E-state index contributed by atoms with van der Waals surface area (Å²) in [7, 11) is -3.80. The van der Waals surface area contributed by atoms with E-state index in [4.69, 9.17) is 5.14 Å². The second kappa shape index (κ2) is 5.43. The van der Waals surface area contributed by atoms with Crippen molar-refractivity contribution in [1.82, 2.24) is 0 Å². The number of amides is 1. The second-order valence-corrected chi connectivity index (χ2v) is 6.76. The van der Waals surface area contributed by atoms with Crippen LogP contribution in [-0.2, 0) is 21.0 Å². The number of hydrogen-bond donors (Lipinski definition) is 2. The summed E-state index contributed by atoms with van der Waals surface area (Å²) in [6.45, 7) is -0.121. The lowest BCUT2D eigenvalue weighted by atomic mass is 10.1. The van der Waals surface area contributed by atoms with Gasteiger partial charge in [0.25, 0.3) is 0 Å². The molecule has 6 nitrogen and oxygen atoms in total. The Balaban J connectivity index is 2.30. The largest absolute Gasteiger partial charge is 0.506 e. The molecule has 22 heavy (non-hydrogen) atoms. The highest BCUT2D eigenvalue weighted by Crippen LogP contribution is 2.38. The van der Waals surface area contributed by atoms with Crippen molar-refractivity contribution in [3.05, 3.63) is 23.8 Å². The summed E-state index contributed by atoms with van der Waals surface area (Å²) in [6.07, 6.45) is -4.78. The summed E-state index contributed by atoms with van der Waals surface area (Å²) in [6, 6.07) is 2.20. The molecule has 1 heterocycles. The van der Waals surface area contributed by atoms with E-state index in [1.807, 2.05) is 0 Å². The predicted molar refractivity (Wildman–Crippen MR) is 71.5 cm³/mol. The first-order chi connectivity index (χ1) is 9.97.